The van der Waals surface area contributed by atoms with Crippen molar-refractivity contribution in [2.75, 3.05) is 19.0 Å². The molecule has 0 saturated carbocycles. The highest BCUT2D eigenvalue weighted by Gasteiger charge is 2.18. The minimum Gasteiger partial charge on any atom is -0.375 e. The van der Waals surface area contributed by atoms with E-state index < -0.39 is 11.8 Å². The smallest absolute Gasteiger partial charge is 0.313 e. The predicted molar refractivity (Wildman–Crippen MR) is 91.9 cm³/mol. The highest BCUT2D eigenvalue weighted by molar-refractivity contribution is 7.07. The number of carbonyl (C=O) groups is 2. The second-order valence-electron chi connectivity index (χ2n) is 4.86. The van der Waals surface area contributed by atoms with Gasteiger partial charge in [-0.25, -0.2) is 0 Å². The van der Waals surface area contributed by atoms with Gasteiger partial charge in [-0.2, -0.15) is 11.3 Å². The Morgan fingerprint density at radius 2 is 2.09 bits per heavy atom. The van der Waals surface area contributed by atoms with E-state index in [0.29, 0.717) is 16.3 Å². The van der Waals surface area contributed by atoms with Gasteiger partial charge in [0.1, 0.15) is 6.10 Å². The lowest BCUT2D eigenvalue weighted by atomic mass is 10.2. The molecule has 2 amide bonds. The van der Waals surface area contributed by atoms with Gasteiger partial charge >= 0.3 is 11.8 Å². The van der Waals surface area contributed by atoms with Crippen LogP contribution >= 0.6 is 22.9 Å². The average molecular weight is 353 g/mol. The second kappa shape index (κ2) is 8.10. The third-order valence-corrected chi connectivity index (χ3v) is 4.48. The number of ether oxygens (including phenoxy) is 1. The standard InChI is InChI=1S/C16H17ClN2O3S/c1-10-12(17)4-3-5-13(10)19-16(21)15(20)18-8-14(22-2)11-6-7-23-9-11/h3-7,9,14H,8H2,1-2H3,(H,18,20)(H,19,21)/t14-/m0/s1. The molecule has 1 aromatic heterocycles. The molecule has 0 aliphatic rings. The normalized spacial score (nSPS) is 11.8. The van der Waals surface area contributed by atoms with E-state index >= 15 is 0 Å². The zero-order valence-corrected chi connectivity index (χ0v) is 14.3. The summed E-state index contributed by atoms with van der Waals surface area (Å²) in [5.74, 6) is -1.46. The molecule has 23 heavy (non-hydrogen) atoms. The Bertz CT molecular complexity index is 689. The Labute approximate surface area is 143 Å². The zero-order chi connectivity index (χ0) is 16.8. The van der Waals surface area contributed by atoms with E-state index in [1.54, 1.807) is 43.6 Å². The summed E-state index contributed by atoms with van der Waals surface area (Å²) >= 11 is 7.53. The Morgan fingerprint density at radius 1 is 1.30 bits per heavy atom. The maximum absolute atomic E-state index is 12.0. The fourth-order valence-corrected chi connectivity index (χ4v) is 2.86. The first-order valence-corrected chi connectivity index (χ1v) is 8.24. The van der Waals surface area contributed by atoms with E-state index in [2.05, 4.69) is 10.6 Å². The van der Waals surface area contributed by atoms with Crippen LogP contribution in [0.5, 0.6) is 0 Å². The summed E-state index contributed by atoms with van der Waals surface area (Å²) in [7, 11) is 1.56. The van der Waals surface area contributed by atoms with E-state index in [9.17, 15) is 9.59 Å². The molecule has 2 aromatic rings. The molecule has 0 saturated heterocycles. The van der Waals surface area contributed by atoms with Crippen molar-refractivity contribution >= 4 is 40.4 Å². The Balaban J connectivity index is 1.92. The average Bonchev–Trinajstić information content (AvgIpc) is 3.06. The Kier molecular flexibility index (Phi) is 6.15. The quantitative estimate of drug-likeness (QED) is 0.812. The van der Waals surface area contributed by atoms with Gasteiger partial charge < -0.3 is 15.4 Å². The summed E-state index contributed by atoms with van der Waals surface area (Å²) in [5, 5.41) is 9.52. The van der Waals surface area contributed by atoms with Gasteiger partial charge in [0.2, 0.25) is 0 Å². The van der Waals surface area contributed by atoms with Gasteiger partial charge in [0.05, 0.1) is 0 Å². The molecule has 0 fully saturated rings. The second-order valence-corrected chi connectivity index (χ2v) is 6.04. The first kappa shape index (κ1) is 17.5. The lowest BCUT2D eigenvalue weighted by molar-refractivity contribution is -0.136. The van der Waals surface area contributed by atoms with Crippen LogP contribution in [0.1, 0.15) is 17.2 Å². The fourth-order valence-electron chi connectivity index (χ4n) is 1.98. The Morgan fingerprint density at radius 3 is 2.74 bits per heavy atom. The minimum atomic E-state index is -0.740. The molecule has 0 aliphatic heterocycles. The van der Waals surface area contributed by atoms with Gasteiger partial charge in [0.15, 0.2) is 0 Å². The molecule has 2 rings (SSSR count). The van der Waals surface area contributed by atoms with Crippen LogP contribution in [0.4, 0.5) is 5.69 Å². The number of methoxy groups -OCH3 is 1. The van der Waals surface area contributed by atoms with Crippen molar-refractivity contribution in [2.45, 2.75) is 13.0 Å². The van der Waals surface area contributed by atoms with Crippen LogP contribution in [-0.4, -0.2) is 25.5 Å². The van der Waals surface area contributed by atoms with Crippen molar-refractivity contribution in [3.8, 4) is 0 Å². The number of amides is 2. The zero-order valence-electron chi connectivity index (χ0n) is 12.8. The van der Waals surface area contributed by atoms with Crippen LogP contribution in [0.2, 0.25) is 5.02 Å². The third-order valence-electron chi connectivity index (χ3n) is 3.37. The molecule has 1 atom stereocenters. The molecular weight excluding hydrogens is 336 g/mol. The molecule has 122 valence electrons. The Hall–Kier alpha value is -1.89. The molecule has 0 aliphatic carbocycles. The molecule has 0 bridgehead atoms. The monoisotopic (exact) mass is 352 g/mol. The highest BCUT2D eigenvalue weighted by Crippen LogP contribution is 2.23. The third kappa shape index (κ3) is 4.54. The van der Waals surface area contributed by atoms with Gasteiger partial charge in [-0.1, -0.05) is 17.7 Å². The van der Waals surface area contributed by atoms with E-state index in [1.807, 2.05) is 16.8 Å². The van der Waals surface area contributed by atoms with Crippen LogP contribution in [0.25, 0.3) is 0 Å². The number of nitrogens with one attached hydrogen (secondary N) is 2. The van der Waals surface area contributed by atoms with E-state index in [0.717, 1.165) is 5.56 Å². The van der Waals surface area contributed by atoms with Gasteiger partial charge in [0, 0.05) is 24.4 Å². The van der Waals surface area contributed by atoms with Crippen molar-refractivity contribution in [2.24, 2.45) is 0 Å². The van der Waals surface area contributed by atoms with Crippen LogP contribution in [0, 0.1) is 6.92 Å². The lowest BCUT2D eigenvalue weighted by Gasteiger charge is -2.15. The number of hydrogen-bond donors (Lipinski definition) is 2. The van der Waals surface area contributed by atoms with Crippen molar-refractivity contribution < 1.29 is 14.3 Å². The van der Waals surface area contributed by atoms with E-state index in [1.165, 1.54) is 0 Å². The number of rotatable bonds is 5. The van der Waals surface area contributed by atoms with Crippen molar-refractivity contribution in [3.05, 3.63) is 51.2 Å². The van der Waals surface area contributed by atoms with Gasteiger partial charge in [-0.3, -0.25) is 9.59 Å². The minimum absolute atomic E-state index is 0.216. The SMILES string of the molecule is CO[C@@H](CNC(=O)C(=O)Nc1cccc(Cl)c1C)c1ccsc1. The summed E-state index contributed by atoms with van der Waals surface area (Å²) in [6.45, 7) is 1.99. The number of anilines is 1. The molecule has 5 nitrogen and oxygen atoms in total. The summed E-state index contributed by atoms with van der Waals surface area (Å²) < 4.78 is 5.32. The largest absolute Gasteiger partial charge is 0.375 e. The summed E-state index contributed by atoms with van der Waals surface area (Å²) in [5.41, 5.74) is 2.19. The maximum atomic E-state index is 12.0. The summed E-state index contributed by atoms with van der Waals surface area (Å²) in [6, 6.07) is 7.03. The molecule has 2 N–H and O–H groups in total. The predicted octanol–water partition coefficient (Wildman–Crippen LogP) is 3.15. The number of thiophene rings is 1. The molecule has 0 spiro atoms. The number of halogens is 1. The fraction of sp³-hybridized carbons (Fsp3) is 0.250. The van der Waals surface area contributed by atoms with Crippen LogP contribution in [0.3, 0.4) is 0 Å². The van der Waals surface area contributed by atoms with E-state index in [4.69, 9.17) is 16.3 Å². The van der Waals surface area contributed by atoms with Gasteiger partial charge in [-0.15, -0.1) is 0 Å². The molecule has 1 aromatic carbocycles. The first-order valence-electron chi connectivity index (χ1n) is 6.92. The van der Waals surface area contributed by atoms with Gasteiger partial charge in [0.25, 0.3) is 0 Å². The van der Waals surface area contributed by atoms with Crippen LogP contribution in [0.15, 0.2) is 35.0 Å². The molecule has 7 heteroatoms. The number of benzene rings is 1. The topological polar surface area (TPSA) is 67.4 Å². The highest BCUT2D eigenvalue weighted by atomic mass is 35.5. The first-order chi connectivity index (χ1) is 11.0. The molecule has 1 heterocycles. The number of carbonyl (C=O) groups excluding carboxylic acids is 2. The van der Waals surface area contributed by atoms with Crippen LogP contribution < -0.4 is 10.6 Å². The van der Waals surface area contributed by atoms with Gasteiger partial charge in [-0.05, 0) is 47.0 Å². The molecule has 0 unspecified atom stereocenters. The van der Waals surface area contributed by atoms with Crippen molar-refractivity contribution in [3.63, 3.8) is 0 Å². The van der Waals surface area contributed by atoms with Crippen LogP contribution in [-0.2, 0) is 14.3 Å². The molecule has 0 radical (unpaired) electrons. The maximum Gasteiger partial charge on any atom is 0.313 e. The summed E-state index contributed by atoms with van der Waals surface area (Å²) in [4.78, 5) is 23.9. The summed E-state index contributed by atoms with van der Waals surface area (Å²) in [6.07, 6.45) is -0.286. The van der Waals surface area contributed by atoms with Crippen molar-refractivity contribution in [1.82, 2.24) is 5.32 Å². The molecular formula is C16H17ClN2O3S. The number of hydrogen-bond acceptors (Lipinski definition) is 4. The van der Waals surface area contributed by atoms with E-state index in [-0.39, 0.29) is 12.6 Å². The van der Waals surface area contributed by atoms with Crippen molar-refractivity contribution in [1.29, 1.82) is 0 Å². The lowest BCUT2D eigenvalue weighted by Crippen LogP contribution is -2.38.